The van der Waals surface area contributed by atoms with Crippen molar-refractivity contribution >= 4 is 21.7 Å². The molecule has 2 aromatic carbocycles. The first kappa shape index (κ1) is 11.9. The smallest absolute Gasteiger partial charge is 0.336 e. The predicted molar refractivity (Wildman–Crippen MR) is 83.2 cm³/mol. The molecule has 0 radical (unpaired) electrons. The number of fused-ring (bicyclic) bond motifs is 2. The number of benzene rings is 2. The van der Waals surface area contributed by atoms with Gasteiger partial charge in [-0.25, -0.2) is 4.79 Å². The minimum Gasteiger partial charge on any atom is -0.423 e. The van der Waals surface area contributed by atoms with E-state index in [1.807, 2.05) is 48.7 Å². The molecular formula is C18H11NO2. The topological polar surface area (TPSA) is 43.1 Å². The van der Waals surface area contributed by atoms with E-state index < -0.39 is 0 Å². The van der Waals surface area contributed by atoms with E-state index in [2.05, 4.69) is 4.98 Å². The van der Waals surface area contributed by atoms with E-state index in [-0.39, 0.29) is 5.63 Å². The number of aromatic nitrogens is 1. The standard InChI is InChI=1S/C18H11NO2/c20-18-9-15(14-7-3-4-8-17(14)21-18)16-11-19-10-12-5-1-2-6-13(12)16/h1-11H. The molecule has 0 bridgehead atoms. The van der Waals surface area contributed by atoms with Crippen molar-refractivity contribution in [3.05, 3.63) is 77.4 Å². The summed E-state index contributed by atoms with van der Waals surface area (Å²) in [6.45, 7) is 0. The summed E-state index contributed by atoms with van der Waals surface area (Å²) in [4.78, 5) is 16.1. The van der Waals surface area contributed by atoms with Crippen LogP contribution >= 0.6 is 0 Å². The number of nitrogens with zero attached hydrogens (tertiary/aromatic N) is 1. The van der Waals surface area contributed by atoms with Gasteiger partial charge in [0.2, 0.25) is 0 Å². The quantitative estimate of drug-likeness (QED) is 0.492. The van der Waals surface area contributed by atoms with E-state index in [9.17, 15) is 4.79 Å². The van der Waals surface area contributed by atoms with Gasteiger partial charge in [-0.05, 0) is 11.5 Å². The number of rotatable bonds is 1. The second kappa shape index (κ2) is 4.56. The summed E-state index contributed by atoms with van der Waals surface area (Å²) in [5, 5.41) is 3.03. The highest BCUT2D eigenvalue weighted by molar-refractivity contribution is 6.03. The highest BCUT2D eigenvalue weighted by Crippen LogP contribution is 2.31. The summed E-state index contributed by atoms with van der Waals surface area (Å²) in [5.41, 5.74) is 2.04. The molecule has 0 atom stereocenters. The lowest BCUT2D eigenvalue weighted by atomic mass is 9.98. The van der Waals surface area contributed by atoms with Crippen molar-refractivity contribution in [3.8, 4) is 11.1 Å². The summed E-state index contributed by atoms with van der Waals surface area (Å²) in [5.74, 6) is 0. The molecular weight excluding hydrogens is 262 g/mol. The highest BCUT2D eigenvalue weighted by Gasteiger charge is 2.10. The fourth-order valence-corrected chi connectivity index (χ4v) is 2.67. The van der Waals surface area contributed by atoms with Crippen LogP contribution in [0.25, 0.3) is 32.9 Å². The first-order valence-electron chi connectivity index (χ1n) is 6.69. The Bertz CT molecular complexity index is 1010. The molecule has 0 aliphatic carbocycles. The molecule has 0 spiro atoms. The maximum Gasteiger partial charge on any atom is 0.336 e. The van der Waals surface area contributed by atoms with Crippen LogP contribution < -0.4 is 5.63 Å². The Morgan fingerprint density at radius 1 is 0.810 bits per heavy atom. The van der Waals surface area contributed by atoms with E-state index in [0.717, 1.165) is 27.3 Å². The van der Waals surface area contributed by atoms with Gasteiger partial charge in [0.1, 0.15) is 5.58 Å². The number of hydrogen-bond acceptors (Lipinski definition) is 3. The van der Waals surface area contributed by atoms with Crippen molar-refractivity contribution in [2.45, 2.75) is 0 Å². The molecule has 0 saturated carbocycles. The molecule has 0 fully saturated rings. The minimum absolute atomic E-state index is 0.350. The molecule has 0 aliphatic heterocycles. The molecule has 2 heterocycles. The zero-order valence-electron chi connectivity index (χ0n) is 11.1. The third kappa shape index (κ3) is 1.91. The average molecular weight is 273 g/mol. The Hall–Kier alpha value is -2.94. The summed E-state index contributed by atoms with van der Waals surface area (Å²) in [7, 11) is 0. The third-order valence-corrected chi connectivity index (χ3v) is 3.61. The first-order valence-corrected chi connectivity index (χ1v) is 6.69. The van der Waals surface area contributed by atoms with Gasteiger partial charge in [-0.15, -0.1) is 0 Å². The molecule has 3 heteroatoms. The summed E-state index contributed by atoms with van der Waals surface area (Å²) < 4.78 is 5.26. The van der Waals surface area contributed by atoms with Crippen LogP contribution in [0.4, 0.5) is 0 Å². The van der Waals surface area contributed by atoms with Crippen LogP contribution in [0.2, 0.25) is 0 Å². The van der Waals surface area contributed by atoms with Gasteiger partial charge in [0.05, 0.1) is 0 Å². The summed E-state index contributed by atoms with van der Waals surface area (Å²) in [6, 6.07) is 17.1. The molecule has 0 saturated heterocycles. The Labute approximate surface area is 120 Å². The van der Waals surface area contributed by atoms with Gasteiger partial charge >= 0.3 is 5.63 Å². The molecule has 0 N–H and O–H groups in total. The minimum atomic E-state index is -0.350. The van der Waals surface area contributed by atoms with Crippen LogP contribution in [0.5, 0.6) is 0 Å². The van der Waals surface area contributed by atoms with Crippen molar-refractivity contribution in [1.82, 2.24) is 4.98 Å². The lowest BCUT2D eigenvalue weighted by Gasteiger charge is -2.08. The monoisotopic (exact) mass is 273 g/mol. The molecule has 3 nitrogen and oxygen atoms in total. The van der Waals surface area contributed by atoms with Gasteiger partial charge in [0.15, 0.2) is 0 Å². The Kier molecular flexibility index (Phi) is 2.57. The fraction of sp³-hybridized carbons (Fsp3) is 0. The van der Waals surface area contributed by atoms with Gasteiger partial charge in [-0.3, -0.25) is 4.98 Å². The van der Waals surface area contributed by atoms with Crippen molar-refractivity contribution in [1.29, 1.82) is 0 Å². The van der Waals surface area contributed by atoms with Crippen molar-refractivity contribution < 1.29 is 4.42 Å². The van der Waals surface area contributed by atoms with Crippen LogP contribution in [0.3, 0.4) is 0 Å². The van der Waals surface area contributed by atoms with E-state index in [4.69, 9.17) is 4.42 Å². The van der Waals surface area contributed by atoms with Crippen molar-refractivity contribution in [3.63, 3.8) is 0 Å². The summed E-state index contributed by atoms with van der Waals surface area (Å²) >= 11 is 0. The van der Waals surface area contributed by atoms with Crippen LogP contribution in [0, 0.1) is 0 Å². The molecule has 0 aliphatic rings. The van der Waals surface area contributed by atoms with Crippen molar-refractivity contribution in [2.75, 3.05) is 0 Å². The normalized spacial score (nSPS) is 11.0. The van der Waals surface area contributed by atoms with E-state index >= 15 is 0 Å². The van der Waals surface area contributed by atoms with Crippen LogP contribution in [-0.4, -0.2) is 4.98 Å². The number of pyridine rings is 1. The number of para-hydroxylation sites is 1. The van der Waals surface area contributed by atoms with Gasteiger partial charge in [-0.1, -0.05) is 42.5 Å². The first-order chi connectivity index (χ1) is 10.3. The van der Waals surface area contributed by atoms with Crippen LogP contribution in [-0.2, 0) is 0 Å². The zero-order valence-corrected chi connectivity index (χ0v) is 11.1. The van der Waals surface area contributed by atoms with E-state index in [1.165, 1.54) is 6.07 Å². The van der Waals surface area contributed by atoms with Crippen LogP contribution in [0.1, 0.15) is 0 Å². The largest absolute Gasteiger partial charge is 0.423 e. The number of hydrogen-bond donors (Lipinski definition) is 0. The van der Waals surface area contributed by atoms with Gasteiger partial charge in [0, 0.05) is 40.4 Å². The Morgan fingerprint density at radius 2 is 1.57 bits per heavy atom. The SMILES string of the molecule is O=c1cc(-c2cncc3ccccc23)c2ccccc2o1. The molecule has 0 unspecified atom stereocenters. The third-order valence-electron chi connectivity index (χ3n) is 3.61. The predicted octanol–water partition coefficient (Wildman–Crippen LogP) is 4.01. The van der Waals surface area contributed by atoms with Crippen LogP contribution in [0.15, 0.2) is 76.2 Å². The maximum atomic E-state index is 11.8. The molecule has 21 heavy (non-hydrogen) atoms. The molecule has 0 amide bonds. The maximum absolute atomic E-state index is 11.8. The van der Waals surface area contributed by atoms with Gasteiger partial charge in [-0.2, -0.15) is 0 Å². The molecule has 2 aromatic heterocycles. The highest BCUT2D eigenvalue weighted by atomic mass is 16.4. The molecule has 100 valence electrons. The van der Waals surface area contributed by atoms with Crippen molar-refractivity contribution in [2.24, 2.45) is 0 Å². The Morgan fingerprint density at radius 3 is 2.48 bits per heavy atom. The molecule has 4 aromatic rings. The van der Waals surface area contributed by atoms with Gasteiger partial charge < -0.3 is 4.42 Å². The van der Waals surface area contributed by atoms with Gasteiger partial charge in [0.25, 0.3) is 0 Å². The Balaban J connectivity index is 2.16. The molecule has 4 rings (SSSR count). The zero-order chi connectivity index (χ0) is 14.2. The van der Waals surface area contributed by atoms with E-state index in [1.54, 1.807) is 12.3 Å². The average Bonchev–Trinajstić information content (AvgIpc) is 2.53. The fourth-order valence-electron chi connectivity index (χ4n) is 2.67. The van der Waals surface area contributed by atoms with E-state index in [0.29, 0.717) is 5.58 Å². The lowest BCUT2D eigenvalue weighted by Crippen LogP contribution is -1.98. The second-order valence-electron chi connectivity index (χ2n) is 4.88. The lowest BCUT2D eigenvalue weighted by molar-refractivity contribution is 0.561. The second-order valence-corrected chi connectivity index (χ2v) is 4.88. The summed E-state index contributed by atoms with van der Waals surface area (Å²) in [6.07, 6.45) is 3.62.